The van der Waals surface area contributed by atoms with E-state index in [1.165, 1.54) is 7.05 Å². The van der Waals surface area contributed by atoms with Crippen molar-refractivity contribution in [2.24, 2.45) is 0 Å². The summed E-state index contributed by atoms with van der Waals surface area (Å²) in [5, 5.41) is 11.1. The summed E-state index contributed by atoms with van der Waals surface area (Å²) in [4.78, 5) is 29.5. The van der Waals surface area contributed by atoms with Gasteiger partial charge in [0.25, 0.3) is 0 Å². The van der Waals surface area contributed by atoms with Gasteiger partial charge >= 0.3 is 12.0 Å². The summed E-state index contributed by atoms with van der Waals surface area (Å²) in [5.74, 6) is -1.04. The van der Waals surface area contributed by atoms with E-state index in [1.54, 1.807) is 12.5 Å². The summed E-state index contributed by atoms with van der Waals surface area (Å²) in [6.45, 7) is 0.126. The van der Waals surface area contributed by atoms with Crippen molar-refractivity contribution in [1.29, 1.82) is 0 Å². The number of aromatic nitrogens is 2. The normalized spacial score (nSPS) is 9.81. The van der Waals surface area contributed by atoms with Crippen molar-refractivity contribution in [2.45, 2.75) is 6.42 Å². The number of nitrogens with zero attached hydrogens (tertiary/aromatic N) is 2. The molecule has 1 aromatic heterocycles. The van der Waals surface area contributed by atoms with Crippen LogP contribution in [0.3, 0.4) is 0 Å². The standard InChI is InChI=1S/C9H14N4O3/c1-13(5-8(14)15)9(16)11-3-2-7-4-10-6-12-7/h4,6H,2-3,5H2,1H3,(H,10,12)(H,11,16)(H,14,15). The highest BCUT2D eigenvalue weighted by molar-refractivity contribution is 5.79. The molecule has 1 rings (SSSR count). The molecular weight excluding hydrogens is 212 g/mol. The monoisotopic (exact) mass is 226 g/mol. The molecule has 1 aromatic rings. The number of likely N-dealkylation sites (N-methyl/N-ethyl adjacent to an activating group) is 1. The number of amides is 2. The topological polar surface area (TPSA) is 98.3 Å². The maximum Gasteiger partial charge on any atom is 0.323 e. The summed E-state index contributed by atoms with van der Waals surface area (Å²) < 4.78 is 0. The van der Waals surface area contributed by atoms with Gasteiger partial charge in [-0.15, -0.1) is 0 Å². The van der Waals surface area contributed by atoms with E-state index >= 15 is 0 Å². The first-order valence-electron chi connectivity index (χ1n) is 4.77. The fourth-order valence-corrected chi connectivity index (χ4v) is 1.14. The Bertz CT molecular complexity index is 350. The molecule has 7 heteroatoms. The Morgan fingerprint density at radius 1 is 1.62 bits per heavy atom. The number of rotatable bonds is 5. The smallest absolute Gasteiger partial charge is 0.323 e. The molecule has 0 spiro atoms. The Balaban J connectivity index is 2.22. The Hall–Kier alpha value is -2.05. The zero-order chi connectivity index (χ0) is 12.0. The molecular formula is C9H14N4O3. The van der Waals surface area contributed by atoms with Crippen molar-refractivity contribution >= 4 is 12.0 Å². The lowest BCUT2D eigenvalue weighted by atomic mass is 10.3. The van der Waals surface area contributed by atoms with Crippen LogP contribution in [0.25, 0.3) is 0 Å². The van der Waals surface area contributed by atoms with Crippen molar-refractivity contribution < 1.29 is 14.7 Å². The number of aromatic amines is 1. The second-order valence-corrected chi connectivity index (χ2v) is 3.31. The summed E-state index contributed by atoms with van der Waals surface area (Å²) in [6.07, 6.45) is 3.87. The minimum Gasteiger partial charge on any atom is -0.480 e. The molecule has 2 amide bonds. The largest absolute Gasteiger partial charge is 0.480 e. The van der Waals surface area contributed by atoms with Crippen LogP contribution in [0.2, 0.25) is 0 Å². The van der Waals surface area contributed by atoms with Crippen molar-refractivity contribution in [3.05, 3.63) is 18.2 Å². The summed E-state index contributed by atoms with van der Waals surface area (Å²) in [6, 6.07) is -0.401. The van der Waals surface area contributed by atoms with Gasteiger partial charge in [0.05, 0.1) is 6.33 Å². The van der Waals surface area contributed by atoms with Gasteiger partial charge in [-0.3, -0.25) is 4.79 Å². The van der Waals surface area contributed by atoms with Crippen LogP contribution >= 0.6 is 0 Å². The van der Waals surface area contributed by atoms with Gasteiger partial charge < -0.3 is 20.3 Å². The minimum absolute atomic E-state index is 0.310. The highest BCUT2D eigenvalue weighted by Crippen LogP contribution is 1.91. The predicted octanol–water partition coefficient (Wildman–Crippen LogP) is -0.322. The fraction of sp³-hybridized carbons (Fsp3) is 0.444. The molecule has 0 saturated carbocycles. The molecule has 3 N–H and O–H groups in total. The van der Waals surface area contributed by atoms with Gasteiger partial charge in [0.1, 0.15) is 6.54 Å². The fourth-order valence-electron chi connectivity index (χ4n) is 1.14. The van der Waals surface area contributed by atoms with Crippen LogP contribution < -0.4 is 5.32 Å². The minimum atomic E-state index is -1.04. The molecule has 0 unspecified atom stereocenters. The second-order valence-electron chi connectivity index (χ2n) is 3.31. The lowest BCUT2D eigenvalue weighted by Crippen LogP contribution is -2.40. The van der Waals surface area contributed by atoms with Crippen LogP contribution in [0, 0.1) is 0 Å². The van der Waals surface area contributed by atoms with Gasteiger partial charge in [0.15, 0.2) is 0 Å². The van der Waals surface area contributed by atoms with Gasteiger partial charge in [0.2, 0.25) is 0 Å². The van der Waals surface area contributed by atoms with E-state index in [2.05, 4.69) is 15.3 Å². The van der Waals surface area contributed by atoms with E-state index in [-0.39, 0.29) is 6.54 Å². The van der Waals surface area contributed by atoms with E-state index in [9.17, 15) is 9.59 Å². The molecule has 0 aliphatic rings. The van der Waals surface area contributed by atoms with Crippen molar-refractivity contribution in [3.8, 4) is 0 Å². The highest BCUT2D eigenvalue weighted by atomic mass is 16.4. The Morgan fingerprint density at radius 2 is 2.38 bits per heavy atom. The quantitative estimate of drug-likeness (QED) is 0.640. The van der Waals surface area contributed by atoms with Gasteiger partial charge in [-0.2, -0.15) is 0 Å². The van der Waals surface area contributed by atoms with Crippen LogP contribution in [0.5, 0.6) is 0 Å². The third-order valence-electron chi connectivity index (χ3n) is 1.94. The zero-order valence-corrected chi connectivity index (χ0v) is 8.93. The Kier molecular flexibility index (Phi) is 4.31. The van der Waals surface area contributed by atoms with Crippen LogP contribution in [-0.2, 0) is 11.2 Å². The molecule has 0 aromatic carbocycles. The Morgan fingerprint density at radius 3 is 2.94 bits per heavy atom. The van der Waals surface area contributed by atoms with E-state index in [0.29, 0.717) is 13.0 Å². The number of carboxylic acid groups (broad SMARTS) is 1. The first kappa shape index (κ1) is 12.0. The van der Waals surface area contributed by atoms with E-state index < -0.39 is 12.0 Å². The predicted molar refractivity (Wildman–Crippen MR) is 56.0 cm³/mol. The number of carboxylic acids is 1. The van der Waals surface area contributed by atoms with Gasteiger partial charge in [-0.25, -0.2) is 9.78 Å². The molecule has 0 fully saturated rings. The number of urea groups is 1. The molecule has 88 valence electrons. The van der Waals surface area contributed by atoms with E-state index in [4.69, 9.17) is 5.11 Å². The SMILES string of the molecule is CN(CC(=O)O)C(=O)NCCc1cnc[nH]1. The maximum absolute atomic E-state index is 11.3. The van der Waals surface area contributed by atoms with Crippen molar-refractivity contribution in [3.63, 3.8) is 0 Å². The molecule has 1 heterocycles. The average Bonchev–Trinajstić information content (AvgIpc) is 2.69. The van der Waals surface area contributed by atoms with E-state index in [1.807, 2.05) is 0 Å². The number of imidazole rings is 1. The van der Waals surface area contributed by atoms with Gasteiger partial charge in [-0.1, -0.05) is 0 Å². The summed E-state index contributed by atoms with van der Waals surface area (Å²) in [7, 11) is 1.43. The molecule has 0 atom stereocenters. The van der Waals surface area contributed by atoms with Crippen molar-refractivity contribution in [1.82, 2.24) is 20.2 Å². The molecule has 0 radical (unpaired) electrons. The molecule has 0 bridgehead atoms. The van der Waals surface area contributed by atoms with Crippen LogP contribution in [0.4, 0.5) is 4.79 Å². The highest BCUT2D eigenvalue weighted by Gasteiger charge is 2.10. The third-order valence-corrected chi connectivity index (χ3v) is 1.94. The maximum atomic E-state index is 11.3. The average molecular weight is 226 g/mol. The molecule has 0 aliphatic heterocycles. The number of carbonyl (C=O) groups excluding carboxylic acids is 1. The molecule has 16 heavy (non-hydrogen) atoms. The first-order chi connectivity index (χ1) is 7.59. The zero-order valence-electron chi connectivity index (χ0n) is 8.93. The van der Waals surface area contributed by atoms with Crippen LogP contribution in [0.1, 0.15) is 5.69 Å². The summed E-state index contributed by atoms with van der Waals surface area (Å²) >= 11 is 0. The van der Waals surface area contributed by atoms with Crippen LogP contribution in [-0.4, -0.2) is 52.1 Å². The van der Waals surface area contributed by atoms with Gasteiger partial charge in [0, 0.05) is 31.9 Å². The second kappa shape index (κ2) is 5.74. The van der Waals surface area contributed by atoms with Crippen LogP contribution in [0.15, 0.2) is 12.5 Å². The number of nitrogens with one attached hydrogen (secondary N) is 2. The summed E-state index contributed by atoms with van der Waals surface area (Å²) in [5.41, 5.74) is 0.918. The van der Waals surface area contributed by atoms with Crippen molar-refractivity contribution in [2.75, 3.05) is 20.1 Å². The molecule has 0 aliphatic carbocycles. The molecule has 7 nitrogen and oxygen atoms in total. The lowest BCUT2D eigenvalue weighted by molar-refractivity contribution is -0.137. The third kappa shape index (κ3) is 3.99. The van der Waals surface area contributed by atoms with Gasteiger partial charge in [-0.05, 0) is 0 Å². The number of aliphatic carboxylic acids is 1. The number of carbonyl (C=O) groups is 2. The number of H-pyrrole nitrogens is 1. The number of hydrogen-bond donors (Lipinski definition) is 3. The van der Waals surface area contributed by atoms with E-state index in [0.717, 1.165) is 10.6 Å². The number of hydrogen-bond acceptors (Lipinski definition) is 3. The lowest BCUT2D eigenvalue weighted by Gasteiger charge is -2.15. The molecule has 0 saturated heterocycles. The first-order valence-corrected chi connectivity index (χ1v) is 4.77. The Labute approximate surface area is 92.5 Å².